The second kappa shape index (κ2) is 5.85. The molecule has 20 heavy (non-hydrogen) atoms. The van der Waals surface area contributed by atoms with Crippen molar-refractivity contribution in [2.45, 2.75) is 52.5 Å². The fourth-order valence-corrected chi connectivity index (χ4v) is 3.06. The molecule has 1 aliphatic carbocycles. The van der Waals surface area contributed by atoms with E-state index in [0.717, 1.165) is 30.9 Å². The molecule has 5 nitrogen and oxygen atoms in total. The first-order valence-corrected chi connectivity index (χ1v) is 7.56. The van der Waals surface area contributed by atoms with Gasteiger partial charge in [-0.2, -0.15) is 5.10 Å². The molecule has 3 N–H and O–H groups in total. The number of carbonyl (C=O) groups excluding carboxylic acids is 1. The van der Waals surface area contributed by atoms with Crippen LogP contribution in [-0.2, 0) is 13.5 Å². The topological polar surface area (TPSA) is 72.9 Å². The Morgan fingerprint density at radius 3 is 2.65 bits per heavy atom. The summed E-state index contributed by atoms with van der Waals surface area (Å²) in [5.74, 6) is 1.31. The summed E-state index contributed by atoms with van der Waals surface area (Å²) < 4.78 is 1.60. The Morgan fingerprint density at radius 1 is 1.40 bits per heavy atom. The second-order valence-corrected chi connectivity index (χ2v) is 6.12. The number of aryl methyl sites for hydroxylation is 2. The lowest BCUT2D eigenvalue weighted by Gasteiger charge is -2.32. The molecule has 0 radical (unpaired) electrons. The van der Waals surface area contributed by atoms with Crippen LogP contribution in [0.15, 0.2) is 0 Å². The van der Waals surface area contributed by atoms with Gasteiger partial charge in [0.05, 0.1) is 11.4 Å². The number of anilines is 1. The van der Waals surface area contributed by atoms with Crippen molar-refractivity contribution < 1.29 is 4.79 Å². The molecule has 3 atom stereocenters. The average molecular weight is 278 g/mol. The van der Waals surface area contributed by atoms with E-state index >= 15 is 0 Å². The predicted octanol–water partition coefficient (Wildman–Crippen LogP) is 2.12. The van der Waals surface area contributed by atoms with Crippen LogP contribution < -0.4 is 11.1 Å². The zero-order valence-electron chi connectivity index (χ0n) is 12.9. The molecular formula is C15H26N4O. The van der Waals surface area contributed by atoms with Gasteiger partial charge in [0.15, 0.2) is 0 Å². The summed E-state index contributed by atoms with van der Waals surface area (Å²) in [6.45, 7) is 6.54. The number of hydrogen-bond acceptors (Lipinski definition) is 3. The van der Waals surface area contributed by atoms with Crippen molar-refractivity contribution in [2.75, 3.05) is 5.73 Å². The molecule has 1 aromatic heterocycles. The third kappa shape index (κ3) is 2.81. The lowest BCUT2D eigenvalue weighted by Crippen LogP contribution is -2.40. The molecule has 0 saturated heterocycles. The molecule has 0 bridgehead atoms. The summed E-state index contributed by atoms with van der Waals surface area (Å²) in [6.07, 6.45) is 4.01. The van der Waals surface area contributed by atoms with Crippen LogP contribution in [0.25, 0.3) is 0 Å². The highest BCUT2D eigenvalue weighted by atomic mass is 16.2. The highest BCUT2D eigenvalue weighted by molar-refractivity contribution is 5.98. The van der Waals surface area contributed by atoms with Crippen molar-refractivity contribution in [1.82, 2.24) is 15.1 Å². The molecule has 1 aromatic rings. The molecule has 2 rings (SSSR count). The molecule has 0 spiro atoms. The summed E-state index contributed by atoms with van der Waals surface area (Å²) in [5.41, 5.74) is 7.83. The lowest BCUT2D eigenvalue weighted by atomic mass is 9.79. The van der Waals surface area contributed by atoms with Crippen molar-refractivity contribution in [3.8, 4) is 0 Å². The number of amides is 1. The number of rotatable bonds is 3. The van der Waals surface area contributed by atoms with Gasteiger partial charge in [0, 0.05) is 13.1 Å². The van der Waals surface area contributed by atoms with Crippen molar-refractivity contribution in [3.63, 3.8) is 0 Å². The van der Waals surface area contributed by atoms with E-state index in [9.17, 15) is 4.79 Å². The highest BCUT2D eigenvalue weighted by Gasteiger charge is 2.27. The van der Waals surface area contributed by atoms with Crippen LogP contribution in [0.3, 0.4) is 0 Å². The molecule has 1 fully saturated rings. The van der Waals surface area contributed by atoms with Gasteiger partial charge >= 0.3 is 0 Å². The minimum Gasteiger partial charge on any atom is -0.395 e. The molecular weight excluding hydrogens is 252 g/mol. The summed E-state index contributed by atoms with van der Waals surface area (Å²) in [6, 6.07) is 0.257. The molecule has 0 aliphatic heterocycles. The maximum atomic E-state index is 12.4. The van der Waals surface area contributed by atoms with Crippen LogP contribution in [0.2, 0.25) is 0 Å². The molecule has 1 saturated carbocycles. The van der Waals surface area contributed by atoms with Gasteiger partial charge in [-0.15, -0.1) is 0 Å². The van der Waals surface area contributed by atoms with Crippen LogP contribution in [0.5, 0.6) is 0 Å². The minimum atomic E-state index is -0.0936. The second-order valence-electron chi connectivity index (χ2n) is 6.12. The first kappa shape index (κ1) is 14.9. The maximum Gasteiger partial charge on any atom is 0.271 e. The Kier molecular flexibility index (Phi) is 4.35. The fraction of sp³-hybridized carbons (Fsp3) is 0.733. The summed E-state index contributed by atoms with van der Waals surface area (Å²) >= 11 is 0. The summed E-state index contributed by atoms with van der Waals surface area (Å²) in [5, 5.41) is 7.43. The number of aromatic nitrogens is 2. The normalized spacial score (nSPS) is 26.5. The molecule has 1 heterocycles. The Labute approximate surface area is 120 Å². The van der Waals surface area contributed by atoms with Crippen molar-refractivity contribution in [2.24, 2.45) is 18.9 Å². The van der Waals surface area contributed by atoms with Gasteiger partial charge in [0.25, 0.3) is 5.91 Å². The first-order chi connectivity index (χ1) is 9.43. The van der Waals surface area contributed by atoms with Crippen molar-refractivity contribution in [1.29, 1.82) is 0 Å². The van der Waals surface area contributed by atoms with E-state index in [1.165, 1.54) is 6.42 Å². The number of nitrogens with one attached hydrogen (secondary N) is 1. The van der Waals surface area contributed by atoms with E-state index in [2.05, 4.69) is 24.3 Å². The zero-order valence-corrected chi connectivity index (χ0v) is 12.9. The average Bonchev–Trinajstić information content (AvgIpc) is 2.68. The zero-order chi connectivity index (χ0) is 14.9. The molecule has 1 amide bonds. The van der Waals surface area contributed by atoms with Gasteiger partial charge in [0.1, 0.15) is 5.69 Å². The Hall–Kier alpha value is -1.52. The van der Waals surface area contributed by atoms with Crippen LogP contribution >= 0.6 is 0 Å². The summed E-state index contributed by atoms with van der Waals surface area (Å²) in [7, 11) is 1.77. The fourth-order valence-electron chi connectivity index (χ4n) is 3.06. The van der Waals surface area contributed by atoms with Gasteiger partial charge in [-0.25, -0.2) is 0 Å². The number of hydrogen-bond donors (Lipinski definition) is 2. The monoisotopic (exact) mass is 278 g/mol. The highest BCUT2D eigenvalue weighted by Crippen LogP contribution is 2.29. The largest absolute Gasteiger partial charge is 0.395 e. The predicted molar refractivity (Wildman–Crippen MR) is 80.4 cm³/mol. The molecule has 5 heteroatoms. The lowest BCUT2D eigenvalue weighted by molar-refractivity contribution is 0.0902. The van der Waals surface area contributed by atoms with Crippen molar-refractivity contribution >= 4 is 11.6 Å². The third-order valence-corrected chi connectivity index (χ3v) is 4.64. The summed E-state index contributed by atoms with van der Waals surface area (Å²) in [4.78, 5) is 12.4. The quantitative estimate of drug-likeness (QED) is 0.889. The van der Waals surface area contributed by atoms with Crippen LogP contribution in [0.4, 0.5) is 5.69 Å². The van der Waals surface area contributed by atoms with E-state index in [1.807, 2.05) is 6.92 Å². The van der Waals surface area contributed by atoms with Gasteiger partial charge < -0.3 is 11.1 Å². The van der Waals surface area contributed by atoms with Gasteiger partial charge in [0.2, 0.25) is 0 Å². The molecule has 112 valence electrons. The number of nitrogens with zero attached hydrogens (tertiary/aromatic N) is 2. The molecule has 1 aliphatic rings. The van der Waals surface area contributed by atoms with E-state index in [1.54, 1.807) is 11.7 Å². The Bertz CT molecular complexity index is 494. The minimum absolute atomic E-state index is 0.0936. The first-order valence-electron chi connectivity index (χ1n) is 7.56. The number of nitrogens with two attached hydrogens (primary N) is 1. The van der Waals surface area contributed by atoms with Crippen molar-refractivity contribution in [3.05, 3.63) is 11.4 Å². The maximum absolute atomic E-state index is 12.4. The van der Waals surface area contributed by atoms with Gasteiger partial charge in [-0.05, 0) is 37.5 Å². The SMILES string of the molecule is CCc1nn(C)c(C(=O)NC2CCC(C)C(C)C2)c1N. The van der Waals surface area contributed by atoms with Crippen LogP contribution in [0.1, 0.15) is 56.2 Å². The Morgan fingerprint density at radius 2 is 2.10 bits per heavy atom. The molecule has 3 unspecified atom stereocenters. The standard InChI is InChI=1S/C15H26N4O/c1-5-12-13(16)14(19(4)18-12)15(20)17-11-7-6-9(2)10(3)8-11/h9-11H,5-8,16H2,1-4H3,(H,17,20). The Balaban J connectivity index is 2.07. The van der Waals surface area contributed by atoms with E-state index < -0.39 is 0 Å². The third-order valence-electron chi connectivity index (χ3n) is 4.64. The number of nitrogen functional groups attached to an aromatic ring is 1. The van der Waals surface area contributed by atoms with Gasteiger partial charge in [-0.3, -0.25) is 9.48 Å². The van der Waals surface area contributed by atoms with E-state index in [-0.39, 0.29) is 11.9 Å². The van der Waals surface area contributed by atoms with Crippen LogP contribution in [-0.4, -0.2) is 21.7 Å². The van der Waals surface area contributed by atoms with E-state index in [4.69, 9.17) is 5.73 Å². The van der Waals surface area contributed by atoms with Crippen LogP contribution in [0, 0.1) is 11.8 Å². The number of carbonyl (C=O) groups is 1. The van der Waals surface area contributed by atoms with E-state index in [0.29, 0.717) is 17.3 Å². The van der Waals surface area contributed by atoms with Gasteiger partial charge in [-0.1, -0.05) is 20.8 Å². The smallest absolute Gasteiger partial charge is 0.271 e. The molecule has 0 aromatic carbocycles.